The summed E-state index contributed by atoms with van der Waals surface area (Å²) in [7, 11) is 0. The lowest BCUT2D eigenvalue weighted by Gasteiger charge is -2.46. The summed E-state index contributed by atoms with van der Waals surface area (Å²) >= 11 is 0. The van der Waals surface area contributed by atoms with Gasteiger partial charge in [-0.25, -0.2) is 9.97 Å². The minimum absolute atomic E-state index is 0.147. The van der Waals surface area contributed by atoms with Crippen LogP contribution in [0.5, 0.6) is 0 Å². The summed E-state index contributed by atoms with van der Waals surface area (Å²) in [5.41, 5.74) is 16.9. The van der Waals surface area contributed by atoms with Crippen LogP contribution in [0.15, 0.2) is 176 Å². The molecule has 2 aromatic heterocycles. The second kappa shape index (κ2) is 11.5. The first-order valence-electron chi connectivity index (χ1n) is 17.9. The maximum absolute atomic E-state index is 5.26. The van der Waals surface area contributed by atoms with Crippen molar-refractivity contribution in [2.24, 2.45) is 0 Å². The van der Waals surface area contributed by atoms with Gasteiger partial charge < -0.3 is 0 Å². The molecule has 0 N–H and O–H groups in total. The molecule has 0 radical (unpaired) electrons. The highest BCUT2D eigenvalue weighted by atomic mass is 14.9. The number of hydrogen-bond donors (Lipinski definition) is 0. The van der Waals surface area contributed by atoms with Crippen LogP contribution in [0, 0.1) is 0 Å². The molecular formula is C49H35N3. The number of rotatable bonds is 4. The minimum atomic E-state index is -0.468. The summed E-state index contributed by atoms with van der Waals surface area (Å²) in [6.07, 6.45) is 1.83. The fraction of sp³-hybridized carbons (Fsp3) is 0.0816. The summed E-state index contributed by atoms with van der Waals surface area (Å²) in [6.45, 7) is 4.73. The molecule has 3 heteroatoms. The van der Waals surface area contributed by atoms with Crippen LogP contribution < -0.4 is 0 Å². The smallest absolute Gasteiger partial charge is 0.160 e. The van der Waals surface area contributed by atoms with Crippen molar-refractivity contribution in [2.75, 3.05) is 0 Å². The Morgan fingerprint density at radius 3 is 1.54 bits per heavy atom. The summed E-state index contributed by atoms with van der Waals surface area (Å²) in [6, 6.07) is 61.1. The van der Waals surface area contributed by atoms with Crippen LogP contribution in [0.3, 0.4) is 0 Å². The fourth-order valence-electron chi connectivity index (χ4n) is 8.82. The van der Waals surface area contributed by atoms with E-state index in [2.05, 4.69) is 152 Å². The Balaban J connectivity index is 1.20. The number of hydrogen-bond acceptors (Lipinski definition) is 3. The SMILES string of the molecule is CC1(C)c2ccccc2C2(c3ccccc3-c3ccc(-c4cc(-c5ccc(-c6ccccn6)cc5)nc(-c5ccccc5)n4)cc32)c2ccccc21. The van der Waals surface area contributed by atoms with Gasteiger partial charge in [-0.1, -0.05) is 159 Å². The number of pyridine rings is 1. The van der Waals surface area contributed by atoms with E-state index in [1.807, 2.05) is 42.6 Å². The summed E-state index contributed by atoms with van der Waals surface area (Å²) < 4.78 is 0. The molecule has 0 unspecified atom stereocenters. The molecule has 8 aromatic rings. The average molecular weight is 666 g/mol. The van der Waals surface area contributed by atoms with E-state index in [-0.39, 0.29) is 5.41 Å². The van der Waals surface area contributed by atoms with Crippen molar-refractivity contribution in [1.82, 2.24) is 15.0 Å². The first-order chi connectivity index (χ1) is 25.5. The van der Waals surface area contributed by atoms with Gasteiger partial charge in [0, 0.05) is 33.9 Å². The van der Waals surface area contributed by atoms with Crippen molar-refractivity contribution in [1.29, 1.82) is 0 Å². The van der Waals surface area contributed by atoms with Crippen molar-refractivity contribution >= 4 is 0 Å². The molecule has 52 heavy (non-hydrogen) atoms. The van der Waals surface area contributed by atoms with E-state index in [4.69, 9.17) is 9.97 Å². The van der Waals surface area contributed by atoms with Gasteiger partial charge in [0.25, 0.3) is 0 Å². The van der Waals surface area contributed by atoms with Gasteiger partial charge in [-0.05, 0) is 68.8 Å². The fourth-order valence-corrected chi connectivity index (χ4v) is 8.82. The van der Waals surface area contributed by atoms with Gasteiger partial charge in [-0.15, -0.1) is 0 Å². The molecule has 0 aliphatic heterocycles. The van der Waals surface area contributed by atoms with Crippen LogP contribution in [0.2, 0.25) is 0 Å². The first kappa shape index (κ1) is 30.4. The van der Waals surface area contributed by atoms with E-state index in [1.54, 1.807) is 0 Å². The Morgan fingerprint density at radius 1 is 0.365 bits per heavy atom. The monoisotopic (exact) mass is 665 g/mol. The second-order valence-corrected chi connectivity index (χ2v) is 14.4. The van der Waals surface area contributed by atoms with Gasteiger partial charge in [0.1, 0.15) is 0 Å². The molecule has 0 atom stereocenters. The zero-order valence-electron chi connectivity index (χ0n) is 29.1. The average Bonchev–Trinajstić information content (AvgIpc) is 3.51. The van der Waals surface area contributed by atoms with Crippen LogP contribution in [0.4, 0.5) is 0 Å². The van der Waals surface area contributed by atoms with Gasteiger partial charge in [0.05, 0.1) is 22.5 Å². The quantitative estimate of drug-likeness (QED) is 0.188. The predicted octanol–water partition coefficient (Wildman–Crippen LogP) is 11.5. The molecule has 0 amide bonds. The predicted molar refractivity (Wildman–Crippen MR) is 211 cm³/mol. The number of benzene rings is 6. The van der Waals surface area contributed by atoms with E-state index in [0.29, 0.717) is 5.82 Å². The zero-order chi connectivity index (χ0) is 34.9. The molecule has 0 saturated carbocycles. The van der Waals surface area contributed by atoms with Crippen molar-refractivity contribution in [3.05, 3.63) is 209 Å². The topological polar surface area (TPSA) is 38.7 Å². The maximum Gasteiger partial charge on any atom is 0.160 e. The van der Waals surface area contributed by atoms with Gasteiger partial charge in [0.15, 0.2) is 5.82 Å². The molecular weight excluding hydrogens is 631 g/mol. The highest BCUT2D eigenvalue weighted by Gasteiger charge is 2.53. The number of aromatic nitrogens is 3. The number of nitrogens with zero attached hydrogens (tertiary/aromatic N) is 3. The minimum Gasteiger partial charge on any atom is -0.256 e. The third kappa shape index (κ3) is 4.42. The third-order valence-electron chi connectivity index (χ3n) is 11.2. The van der Waals surface area contributed by atoms with Crippen LogP contribution in [-0.2, 0) is 10.8 Å². The lowest BCUT2D eigenvalue weighted by atomic mass is 9.55. The Labute approximate surface area is 304 Å². The standard InChI is InChI=1S/C49H35N3/c1-48(2)39-18-8-10-20-41(39)49(42-21-11-9-19-40(42)48)38-17-7-6-16-36(38)37-28-27-35(30-43(37)49)46-31-45(51-47(52-46)34-14-4-3-5-15-34)33-25-23-32(24-26-33)44-22-12-13-29-50-44/h3-31H,1-2H3. The first-order valence-corrected chi connectivity index (χ1v) is 17.9. The highest BCUT2D eigenvalue weighted by Crippen LogP contribution is 2.62. The molecule has 246 valence electrons. The lowest BCUT2D eigenvalue weighted by Crippen LogP contribution is -2.40. The summed E-state index contributed by atoms with van der Waals surface area (Å²) in [5, 5.41) is 0. The van der Waals surface area contributed by atoms with E-state index in [1.165, 1.54) is 44.5 Å². The second-order valence-electron chi connectivity index (χ2n) is 14.4. The molecule has 0 fully saturated rings. The Morgan fingerprint density at radius 2 is 0.885 bits per heavy atom. The molecule has 1 spiro atoms. The largest absolute Gasteiger partial charge is 0.256 e. The number of fused-ring (bicyclic) bond motifs is 9. The Bertz CT molecular complexity index is 2590. The molecule has 3 nitrogen and oxygen atoms in total. The molecule has 6 aromatic carbocycles. The van der Waals surface area contributed by atoms with Crippen LogP contribution in [0.25, 0.3) is 56.3 Å². The van der Waals surface area contributed by atoms with E-state index in [9.17, 15) is 0 Å². The molecule has 2 heterocycles. The Hall–Kier alpha value is -6.45. The van der Waals surface area contributed by atoms with E-state index >= 15 is 0 Å². The zero-order valence-corrected chi connectivity index (χ0v) is 29.1. The van der Waals surface area contributed by atoms with Crippen molar-refractivity contribution in [3.8, 4) is 56.3 Å². The van der Waals surface area contributed by atoms with E-state index in [0.717, 1.165) is 39.3 Å². The summed E-state index contributed by atoms with van der Waals surface area (Å²) in [5.74, 6) is 0.704. The van der Waals surface area contributed by atoms with Gasteiger partial charge >= 0.3 is 0 Å². The molecule has 10 rings (SSSR count). The van der Waals surface area contributed by atoms with Crippen LogP contribution in [0.1, 0.15) is 47.2 Å². The van der Waals surface area contributed by atoms with Crippen LogP contribution >= 0.6 is 0 Å². The highest BCUT2D eigenvalue weighted by molar-refractivity contribution is 5.90. The van der Waals surface area contributed by atoms with Crippen molar-refractivity contribution < 1.29 is 0 Å². The molecule has 0 bridgehead atoms. The van der Waals surface area contributed by atoms with Crippen LogP contribution in [-0.4, -0.2) is 15.0 Å². The van der Waals surface area contributed by atoms with Crippen molar-refractivity contribution in [2.45, 2.75) is 24.7 Å². The van der Waals surface area contributed by atoms with Gasteiger partial charge in [-0.2, -0.15) is 0 Å². The van der Waals surface area contributed by atoms with E-state index < -0.39 is 5.41 Å². The maximum atomic E-state index is 5.26. The Kier molecular flexibility index (Phi) is 6.74. The van der Waals surface area contributed by atoms with Crippen molar-refractivity contribution in [3.63, 3.8) is 0 Å². The third-order valence-corrected chi connectivity index (χ3v) is 11.2. The molecule has 0 saturated heterocycles. The van der Waals surface area contributed by atoms with Gasteiger partial charge in [-0.3, -0.25) is 4.98 Å². The molecule has 2 aliphatic carbocycles. The lowest BCUT2D eigenvalue weighted by molar-refractivity contribution is 0.563. The molecule has 2 aliphatic rings. The van der Waals surface area contributed by atoms with Gasteiger partial charge in [0.2, 0.25) is 0 Å². The normalized spacial score (nSPS) is 14.3. The summed E-state index contributed by atoms with van der Waals surface area (Å²) in [4.78, 5) is 15.0.